The lowest BCUT2D eigenvalue weighted by molar-refractivity contribution is 0.198. The topological polar surface area (TPSA) is 43.3 Å². The maximum Gasteiger partial charge on any atom is 0.161 e. The van der Waals surface area contributed by atoms with Gasteiger partial charge in [-0.25, -0.2) is 0 Å². The molecule has 3 aromatic rings. The van der Waals surface area contributed by atoms with Crippen LogP contribution in [0.1, 0.15) is 17.2 Å². The third-order valence-electron chi connectivity index (χ3n) is 5.10. The molecule has 4 rings (SSSR count). The molecule has 0 radical (unpaired) electrons. The smallest absolute Gasteiger partial charge is 0.161 e. The number of hydrogen-bond acceptors (Lipinski definition) is 5. The third-order valence-corrected chi connectivity index (χ3v) is 5.10. The summed E-state index contributed by atoms with van der Waals surface area (Å²) in [5.41, 5.74) is 2.28. The number of hydrogen-bond donors (Lipinski definition) is 0. The van der Waals surface area contributed by atoms with Gasteiger partial charge in [-0.3, -0.25) is 4.99 Å². The summed E-state index contributed by atoms with van der Waals surface area (Å²) < 4.78 is 17.6. The Morgan fingerprint density at radius 2 is 1.57 bits per heavy atom. The zero-order valence-corrected chi connectivity index (χ0v) is 17.1. The van der Waals surface area contributed by atoms with E-state index in [-0.39, 0.29) is 6.04 Å². The van der Waals surface area contributed by atoms with Crippen LogP contribution in [0.2, 0.25) is 0 Å². The number of benzene rings is 3. The van der Waals surface area contributed by atoms with Gasteiger partial charge >= 0.3 is 0 Å². The van der Waals surface area contributed by atoms with E-state index in [9.17, 15) is 0 Å². The maximum absolute atomic E-state index is 6.25. The van der Waals surface area contributed by atoms with Crippen molar-refractivity contribution in [3.8, 4) is 17.2 Å². The Bertz CT molecular complexity index is 958. The van der Waals surface area contributed by atoms with E-state index in [1.54, 1.807) is 7.11 Å². The van der Waals surface area contributed by atoms with Gasteiger partial charge in [0.25, 0.3) is 0 Å². The largest absolute Gasteiger partial charge is 0.497 e. The quantitative estimate of drug-likeness (QED) is 0.519. The van der Waals surface area contributed by atoms with Crippen molar-refractivity contribution in [2.45, 2.75) is 12.6 Å². The van der Waals surface area contributed by atoms with Crippen LogP contribution in [-0.4, -0.2) is 38.0 Å². The number of aliphatic imine (C=N–C) groups is 1. The minimum Gasteiger partial charge on any atom is -0.497 e. The minimum atomic E-state index is 0.0596. The molecular formula is C25H26N2O3. The summed E-state index contributed by atoms with van der Waals surface area (Å²) in [4.78, 5) is 6.59. The Morgan fingerprint density at radius 3 is 2.23 bits per heavy atom. The molecule has 0 spiro atoms. The van der Waals surface area contributed by atoms with Gasteiger partial charge in [-0.1, -0.05) is 54.6 Å². The highest BCUT2D eigenvalue weighted by molar-refractivity contribution is 5.58. The fourth-order valence-electron chi connectivity index (χ4n) is 3.43. The molecule has 5 nitrogen and oxygen atoms in total. The van der Waals surface area contributed by atoms with Crippen molar-refractivity contribution in [2.75, 3.05) is 26.8 Å². The summed E-state index contributed by atoms with van der Waals surface area (Å²) in [5, 5.41) is 0. The second kappa shape index (κ2) is 9.83. The lowest BCUT2D eigenvalue weighted by Crippen LogP contribution is -2.30. The maximum atomic E-state index is 6.25. The molecule has 30 heavy (non-hydrogen) atoms. The first-order chi connectivity index (χ1) is 14.8. The molecule has 0 N–H and O–H groups in total. The molecule has 0 saturated heterocycles. The number of rotatable bonds is 9. The van der Waals surface area contributed by atoms with Gasteiger partial charge in [0.2, 0.25) is 0 Å². The van der Waals surface area contributed by atoms with Gasteiger partial charge in [0, 0.05) is 6.54 Å². The second-order valence-electron chi connectivity index (χ2n) is 7.08. The van der Waals surface area contributed by atoms with E-state index in [1.165, 1.54) is 0 Å². The molecule has 5 heteroatoms. The van der Waals surface area contributed by atoms with E-state index < -0.39 is 0 Å². The first kappa shape index (κ1) is 19.8. The molecule has 1 aliphatic heterocycles. The van der Waals surface area contributed by atoms with Crippen LogP contribution in [0.3, 0.4) is 0 Å². The van der Waals surface area contributed by atoms with Crippen LogP contribution < -0.4 is 14.2 Å². The molecule has 0 aromatic heterocycles. The van der Waals surface area contributed by atoms with Crippen molar-refractivity contribution in [1.29, 1.82) is 0 Å². The van der Waals surface area contributed by atoms with Crippen molar-refractivity contribution in [1.82, 2.24) is 4.90 Å². The highest BCUT2D eigenvalue weighted by Crippen LogP contribution is 2.30. The summed E-state index contributed by atoms with van der Waals surface area (Å²) >= 11 is 0. The van der Waals surface area contributed by atoms with Crippen LogP contribution in [0.5, 0.6) is 17.2 Å². The van der Waals surface area contributed by atoms with Gasteiger partial charge in [-0.2, -0.15) is 0 Å². The molecular weight excluding hydrogens is 376 g/mol. The van der Waals surface area contributed by atoms with Crippen LogP contribution in [-0.2, 0) is 6.61 Å². The van der Waals surface area contributed by atoms with E-state index in [0.717, 1.165) is 41.5 Å². The molecule has 1 aliphatic rings. The Hall–Kier alpha value is -3.47. The van der Waals surface area contributed by atoms with Crippen LogP contribution in [0.25, 0.3) is 0 Å². The zero-order valence-electron chi connectivity index (χ0n) is 17.1. The van der Waals surface area contributed by atoms with Gasteiger partial charge in [0.05, 0.1) is 26.0 Å². The molecule has 0 fully saturated rings. The van der Waals surface area contributed by atoms with Crippen LogP contribution >= 0.6 is 0 Å². The molecule has 0 saturated carbocycles. The van der Waals surface area contributed by atoms with Gasteiger partial charge in [0.15, 0.2) is 11.5 Å². The zero-order chi connectivity index (χ0) is 20.6. The average molecular weight is 402 g/mol. The van der Waals surface area contributed by atoms with E-state index in [2.05, 4.69) is 34.2 Å². The lowest BCUT2D eigenvalue weighted by Gasteiger charge is -2.27. The van der Waals surface area contributed by atoms with Gasteiger partial charge in [-0.15, -0.1) is 0 Å². The molecule has 1 heterocycles. The normalized spacial score (nSPS) is 13.8. The summed E-state index contributed by atoms with van der Waals surface area (Å²) in [7, 11) is 1.68. The first-order valence-corrected chi connectivity index (χ1v) is 10.1. The van der Waals surface area contributed by atoms with Crippen LogP contribution in [0.4, 0.5) is 0 Å². The SMILES string of the molecule is COc1ccc(C(COc2ccccc2OCc2ccccc2)N2C=NCC2)cc1. The van der Waals surface area contributed by atoms with E-state index >= 15 is 0 Å². The molecule has 1 unspecified atom stereocenters. The second-order valence-corrected chi connectivity index (χ2v) is 7.08. The lowest BCUT2D eigenvalue weighted by atomic mass is 10.1. The summed E-state index contributed by atoms with van der Waals surface area (Å²) in [6.45, 7) is 2.68. The molecule has 0 aliphatic carbocycles. The van der Waals surface area contributed by atoms with Crippen LogP contribution in [0.15, 0.2) is 83.9 Å². The Balaban J connectivity index is 1.47. The summed E-state index contributed by atoms with van der Waals surface area (Å²) in [6.07, 6.45) is 1.91. The molecule has 0 bridgehead atoms. The molecule has 3 aromatic carbocycles. The van der Waals surface area contributed by atoms with E-state index in [1.807, 2.05) is 60.9 Å². The molecule has 0 amide bonds. The third kappa shape index (κ3) is 4.92. The van der Waals surface area contributed by atoms with Gasteiger partial charge in [0.1, 0.15) is 19.0 Å². The summed E-state index contributed by atoms with van der Waals surface area (Å²) in [6, 6.07) is 26.1. The molecule has 1 atom stereocenters. The fourth-order valence-corrected chi connectivity index (χ4v) is 3.43. The predicted octanol–water partition coefficient (Wildman–Crippen LogP) is 4.74. The monoisotopic (exact) mass is 402 g/mol. The standard InChI is InChI=1S/C25H26N2O3/c1-28-22-13-11-21(12-14-22)23(27-16-15-26-19-27)18-30-25-10-6-5-9-24(25)29-17-20-7-3-2-4-8-20/h2-14,19,23H,15-18H2,1H3. The minimum absolute atomic E-state index is 0.0596. The van der Waals surface area contributed by atoms with Gasteiger partial charge in [-0.05, 0) is 35.4 Å². The number of para-hydroxylation sites is 2. The average Bonchev–Trinajstić information content (AvgIpc) is 3.34. The predicted molar refractivity (Wildman–Crippen MR) is 119 cm³/mol. The van der Waals surface area contributed by atoms with Crippen molar-refractivity contribution in [3.05, 3.63) is 90.0 Å². The van der Waals surface area contributed by atoms with Crippen LogP contribution in [0, 0.1) is 0 Å². The van der Waals surface area contributed by atoms with Crippen molar-refractivity contribution < 1.29 is 14.2 Å². The van der Waals surface area contributed by atoms with E-state index in [4.69, 9.17) is 14.2 Å². The Kier molecular flexibility index (Phi) is 6.50. The Labute approximate surface area is 177 Å². The highest BCUT2D eigenvalue weighted by Gasteiger charge is 2.22. The number of ether oxygens (including phenoxy) is 3. The first-order valence-electron chi connectivity index (χ1n) is 10.1. The number of nitrogens with zero attached hydrogens (tertiary/aromatic N) is 2. The Morgan fingerprint density at radius 1 is 0.867 bits per heavy atom. The van der Waals surface area contributed by atoms with Crippen molar-refractivity contribution >= 4 is 6.34 Å². The van der Waals surface area contributed by atoms with Gasteiger partial charge < -0.3 is 19.1 Å². The number of methoxy groups -OCH3 is 1. The summed E-state index contributed by atoms with van der Waals surface area (Å²) in [5.74, 6) is 2.32. The fraction of sp³-hybridized carbons (Fsp3) is 0.240. The van der Waals surface area contributed by atoms with E-state index in [0.29, 0.717) is 13.2 Å². The van der Waals surface area contributed by atoms with Crippen molar-refractivity contribution in [2.24, 2.45) is 4.99 Å². The highest BCUT2D eigenvalue weighted by atomic mass is 16.5. The van der Waals surface area contributed by atoms with Crippen molar-refractivity contribution in [3.63, 3.8) is 0 Å². The molecule has 154 valence electrons.